The zero-order valence-electron chi connectivity index (χ0n) is 15.8. The molecule has 0 aliphatic rings. The van der Waals surface area contributed by atoms with Crippen LogP contribution in [0, 0.1) is 0 Å². The van der Waals surface area contributed by atoms with Crippen LogP contribution in [0.3, 0.4) is 0 Å². The lowest BCUT2D eigenvalue weighted by Gasteiger charge is -2.17. The first-order valence-corrected chi connectivity index (χ1v) is 8.74. The van der Waals surface area contributed by atoms with Crippen LogP contribution >= 0.6 is 24.0 Å². The van der Waals surface area contributed by atoms with Crippen molar-refractivity contribution in [2.75, 3.05) is 41.3 Å². The molecule has 24 heavy (non-hydrogen) atoms. The Morgan fingerprint density at radius 2 is 1.54 bits per heavy atom. The smallest absolute Gasteiger partial charge is 0.193 e. The summed E-state index contributed by atoms with van der Waals surface area (Å²) in [6.45, 7) is 2.93. The van der Waals surface area contributed by atoms with Crippen LogP contribution in [-0.4, -0.2) is 57.0 Å². The second-order valence-corrected chi connectivity index (χ2v) is 6.52. The van der Waals surface area contributed by atoms with Crippen molar-refractivity contribution in [2.24, 2.45) is 4.99 Å². The predicted octanol–water partition coefficient (Wildman–Crippen LogP) is 3.82. The van der Waals surface area contributed by atoms with Gasteiger partial charge in [-0.25, -0.2) is 4.99 Å². The molecule has 138 valence electrons. The van der Waals surface area contributed by atoms with E-state index < -0.39 is 0 Å². The summed E-state index contributed by atoms with van der Waals surface area (Å²) in [6, 6.07) is 10.4. The molecule has 0 aromatic heterocycles. The van der Waals surface area contributed by atoms with E-state index >= 15 is 0 Å². The van der Waals surface area contributed by atoms with Crippen LogP contribution in [0.1, 0.15) is 37.7 Å². The van der Waals surface area contributed by atoms with E-state index in [4.69, 9.17) is 0 Å². The summed E-state index contributed by atoms with van der Waals surface area (Å²) in [5.41, 5.74) is 1.24. The quantitative estimate of drug-likeness (QED) is 0.257. The molecule has 1 rings (SSSR count). The topological polar surface area (TPSA) is 30.9 Å². The number of nitrogens with zero attached hydrogens (tertiary/aromatic N) is 3. The zero-order valence-corrected chi connectivity index (χ0v) is 18.1. The van der Waals surface area contributed by atoms with Crippen LogP contribution < -0.4 is 5.32 Å². The maximum Gasteiger partial charge on any atom is 0.193 e. The molecule has 0 amide bonds. The van der Waals surface area contributed by atoms with E-state index in [0.29, 0.717) is 0 Å². The van der Waals surface area contributed by atoms with Crippen molar-refractivity contribution in [2.45, 2.75) is 38.6 Å². The van der Waals surface area contributed by atoms with Crippen molar-refractivity contribution < 1.29 is 0 Å². The third-order valence-electron chi connectivity index (χ3n) is 3.74. The molecule has 0 bridgehead atoms. The highest BCUT2D eigenvalue weighted by atomic mass is 127. The SMILES string of the molecule is CN(C)CCCCCCCNC(=NCc1ccccc1)N(C)C.I. The van der Waals surface area contributed by atoms with Gasteiger partial charge in [0, 0.05) is 20.6 Å². The van der Waals surface area contributed by atoms with Gasteiger partial charge in [0.25, 0.3) is 0 Å². The van der Waals surface area contributed by atoms with Crippen molar-refractivity contribution in [3.05, 3.63) is 35.9 Å². The zero-order chi connectivity index (χ0) is 16.9. The van der Waals surface area contributed by atoms with Gasteiger partial charge >= 0.3 is 0 Å². The van der Waals surface area contributed by atoms with Crippen LogP contribution in [0.4, 0.5) is 0 Å². The Labute approximate surface area is 165 Å². The fourth-order valence-electron chi connectivity index (χ4n) is 2.39. The van der Waals surface area contributed by atoms with Crippen molar-refractivity contribution >= 4 is 29.9 Å². The Morgan fingerprint density at radius 1 is 0.917 bits per heavy atom. The molecule has 0 fully saturated rings. The van der Waals surface area contributed by atoms with Gasteiger partial charge in [-0.15, -0.1) is 24.0 Å². The Balaban J connectivity index is 0.00000529. The molecule has 1 aromatic rings. The van der Waals surface area contributed by atoms with Crippen LogP contribution in [0.25, 0.3) is 0 Å². The summed E-state index contributed by atoms with van der Waals surface area (Å²) in [5, 5.41) is 3.47. The van der Waals surface area contributed by atoms with Crippen LogP contribution in [-0.2, 0) is 6.54 Å². The molecule has 0 radical (unpaired) electrons. The highest BCUT2D eigenvalue weighted by molar-refractivity contribution is 14.0. The van der Waals surface area contributed by atoms with E-state index in [-0.39, 0.29) is 24.0 Å². The third kappa shape index (κ3) is 11.7. The summed E-state index contributed by atoms with van der Waals surface area (Å²) in [7, 11) is 8.36. The molecule has 0 aliphatic heterocycles. The first-order chi connectivity index (χ1) is 11.1. The predicted molar refractivity (Wildman–Crippen MR) is 116 cm³/mol. The number of unbranched alkanes of at least 4 members (excludes halogenated alkanes) is 4. The molecule has 0 heterocycles. The maximum absolute atomic E-state index is 4.69. The van der Waals surface area contributed by atoms with Crippen molar-refractivity contribution in [1.29, 1.82) is 0 Å². The first kappa shape index (κ1) is 23.2. The monoisotopic (exact) mass is 446 g/mol. The molecular weight excluding hydrogens is 411 g/mol. The Kier molecular flexibility index (Phi) is 14.0. The second kappa shape index (κ2) is 14.5. The molecule has 0 atom stereocenters. The average Bonchev–Trinajstić information content (AvgIpc) is 2.53. The molecule has 0 saturated heterocycles. The van der Waals surface area contributed by atoms with E-state index in [9.17, 15) is 0 Å². The number of halogens is 1. The lowest BCUT2D eigenvalue weighted by atomic mass is 10.1. The van der Waals surface area contributed by atoms with Gasteiger partial charge in [0.05, 0.1) is 6.54 Å². The largest absolute Gasteiger partial charge is 0.356 e. The van der Waals surface area contributed by atoms with Gasteiger partial charge in [0.1, 0.15) is 0 Å². The Hall–Kier alpha value is -0.820. The Bertz CT molecular complexity index is 432. The summed E-state index contributed by atoms with van der Waals surface area (Å²) in [4.78, 5) is 9.00. The highest BCUT2D eigenvalue weighted by Gasteiger charge is 2.01. The van der Waals surface area contributed by atoms with Gasteiger partial charge < -0.3 is 15.1 Å². The molecule has 1 N–H and O–H groups in total. The number of guanidine groups is 1. The average molecular weight is 446 g/mol. The van der Waals surface area contributed by atoms with E-state index in [1.165, 1.54) is 44.2 Å². The van der Waals surface area contributed by atoms with E-state index in [0.717, 1.165) is 19.0 Å². The molecular formula is C19H35IN4. The van der Waals surface area contributed by atoms with Gasteiger partial charge in [0.15, 0.2) is 5.96 Å². The van der Waals surface area contributed by atoms with Crippen LogP contribution in [0.15, 0.2) is 35.3 Å². The minimum atomic E-state index is 0. The fourth-order valence-corrected chi connectivity index (χ4v) is 2.39. The number of hydrogen-bond acceptors (Lipinski definition) is 2. The minimum Gasteiger partial charge on any atom is -0.356 e. The molecule has 5 heteroatoms. The van der Waals surface area contributed by atoms with Crippen molar-refractivity contribution in [3.63, 3.8) is 0 Å². The Morgan fingerprint density at radius 3 is 2.17 bits per heavy atom. The van der Waals surface area contributed by atoms with E-state index in [1.54, 1.807) is 0 Å². The number of nitrogens with one attached hydrogen (secondary N) is 1. The van der Waals surface area contributed by atoms with Gasteiger partial charge in [-0.05, 0) is 39.0 Å². The van der Waals surface area contributed by atoms with E-state index in [1.807, 2.05) is 20.2 Å². The van der Waals surface area contributed by atoms with Crippen molar-refractivity contribution in [3.8, 4) is 0 Å². The number of benzene rings is 1. The van der Waals surface area contributed by atoms with E-state index in [2.05, 4.69) is 58.5 Å². The number of hydrogen-bond donors (Lipinski definition) is 1. The van der Waals surface area contributed by atoms with Gasteiger partial charge in [0.2, 0.25) is 0 Å². The number of aliphatic imine (C=N–C) groups is 1. The van der Waals surface area contributed by atoms with Crippen molar-refractivity contribution in [1.82, 2.24) is 15.1 Å². The summed E-state index contributed by atoms with van der Waals surface area (Å²) < 4.78 is 0. The molecule has 1 aromatic carbocycles. The van der Waals surface area contributed by atoms with Crippen LogP contribution in [0.2, 0.25) is 0 Å². The lowest BCUT2D eigenvalue weighted by molar-refractivity contribution is 0.389. The van der Waals surface area contributed by atoms with Gasteiger partial charge in [-0.2, -0.15) is 0 Å². The standard InChI is InChI=1S/C19H34N4.HI/c1-22(2)16-12-7-5-6-11-15-20-19(23(3)4)21-17-18-13-9-8-10-14-18;/h8-10,13-14H,5-7,11-12,15-17H2,1-4H3,(H,20,21);1H. The second-order valence-electron chi connectivity index (χ2n) is 6.52. The molecule has 4 nitrogen and oxygen atoms in total. The fraction of sp³-hybridized carbons (Fsp3) is 0.632. The third-order valence-corrected chi connectivity index (χ3v) is 3.74. The summed E-state index contributed by atoms with van der Waals surface area (Å²) in [6.07, 6.45) is 6.47. The normalized spacial score (nSPS) is 11.3. The van der Waals surface area contributed by atoms with Crippen LogP contribution in [0.5, 0.6) is 0 Å². The summed E-state index contributed by atoms with van der Waals surface area (Å²) in [5.74, 6) is 0.974. The molecule has 0 aliphatic carbocycles. The molecule has 0 spiro atoms. The summed E-state index contributed by atoms with van der Waals surface area (Å²) >= 11 is 0. The molecule has 0 saturated carbocycles. The minimum absolute atomic E-state index is 0. The number of rotatable bonds is 10. The maximum atomic E-state index is 4.69. The molecule has 0 unspecified atom stereocenters. The highest BCUT2D eigenvalue weighted by Crippen LogP contribution is 2.03. The lowest BCUT2D eigenvalue weighted by Crippen LogP contribution is -2.37. The first-order valence-electron chi connectivity index (χ1n) is 8.74. The van der Waals surface area contributed by atoms with Gasteiger partial charge in [-0.1, -0.05) is 49.6 Å². The van der Waals surface area contributed by atoms with Gasteiger partial charge in [-0.3, -0.25) is 0 Å².